The van der Waals surface area contributed by atoms with E-state index in [0.29, 0.717) is 24.4 Å². The number of hydrogen-bond donors (Lipinski definition) is 0. The van der Waals surface area contributed by atoms with Crippen LogP contribution in [-0.2, 0) is 16.8 Å². The molecule has 2 saturated heterocycles. The molecule has 0 saturated carbocycles. The van der Waals surface area contributed by atoms with E-state index in [-0.39, 0.29) is 5.82 Å². The van der Waals surface area contributed by atoms with Gasteiger partial charge in [0.2, 0.25) is 0 Å². The summed E-state index contributed by atoms with van der Waals surface area (Å²) in [7, 11) is 0. The van der Waals surface area contributed by atoms with Crippen LogP contribution >= 0.6 is 0 Å². The monoisotopic (exact) mass is 458 g/mol. The van der Waals surface area contributed by atoms with Gasteiger partial charge in [-0.25, -0.2) is 13.2 Å². The zero-order valence-corrected chi connectivity index (χ0v) is 18.3. The Hall–Kier alpha value is -2.98. The van der Waals surface area contributed by atoms with Crippen LogP contribution in [0.4, 0.5) is 18.9 Å². The first-order chi connectivity index (χ1) is 15.9. The van der Waals surface area contributed by atoms with Crippen molar-refractivity contribution in [2.45, 2.75) is 25.0 Å². The number of aromatic nitrogens is 4. The Balaban J connectivity index is 1.16. The molecule has 10 heteroatoms. The summed E-state index contributed by atoms with van der Waals surface area (Å²) in [6, 6.07) is 9.70. The van der Waals surface area contributed by atoms with E-state index in [0.717, 1.165) is 44.5 Å². The van der Waals surface area contributed by atoms with Crippen molar-refractivity contribution in [2.75, 3.05) is 44.2 Å². The molecule has 2 atom stereocenters. The van der Waals surface area contributed by atoms with Gasteiger partial charge in [-0.2, -0.15) is 4.80 Å². The van der Waals surface area contributed by atoms with Crippen LogP contribution in [0.2, 0.25) is 0 Å². The molecule has 0 amide bonds. The molecule has 2 fully saturated rings. The average Bonchev–Trinajstić information content (AvgIpc) is 3.48. The van der Waals surface area contributed by atoms with Gasteiger partial charge in [0.1, 0.15) is 29.1 Å². The fraction of sp³-hybridized carbons (Fsp3) is 0.435. The number of ether oxygens (including phenoxy) is 1. The van der Waals surface area contributed by atoms with Crippen molar-refractivity contribution in [1.82, 2.24) is 25.1 Å². The summed E-state index contributed by atoms with van der Waals surface area (Å²) in [6.07, 6.45) is 0.641. The minimum Gasteiger partial charge on any atom is -0.369 e. The molecule has 0 N–H and O–H groups in total. The third-order valence-electron chi connectivity index (χ3n) is 6.55. The van der Waals surface area contributed by atoms with Crippen molar-refractivity contribution in [3.05, 3.63) is 71.3 Å². The first kappa shape index (κ1) is 21.8. The van der Waals surface area contributed by atoms with E-state index in [4.69, 9.17) is 4.74 Å². The highest BCUT2D eigenvalue weighted by Gasteiger charge is 2.54. The third-order valence-corrected chi connectivity index (χ3v) is 6.55. The maximum Gasteiger partial charge on any atom is 0.176 e. The van der Waals surface area contributed by atoms with Gasteiger partial charge in [0.15, 0.2) is 5.82 Å². The molecule has 3 aromatic rings. The minimum absolute atomic E-state index is 0.228. The first-order valence-electron chi connectivity index (χ1n) is 11.1. The smallest absolute Gasteiger partial charge is 0.176 e. The fourth-order valence-corrected chi connectivity index (χ4v) is 4.38. The quantitative estimate of drug-likeness (QED) is 0.508. The van der Waals surface area contributed by atoms with E-state index in [9.17, 15) is 13.2 Å². The van der Waals surface area contributed by atoms with Crippen LogP contribution in [0.3, 0.4) is 0 Å². The van der Waals surface area contributed by atoms with E-state index in [1.165, 1.54) is 29.1 Å². The fourth-order valence-electron chi connectivity index (χ4n) is 4.38. The summed E-state index contributed by atoms with van der Waals surface area (Å²) in [4.78, 5) is 6.04. The molecule has 3 heterocycles. The largest absolute Gasteiger partial charge is 0.369 e. The number of nitrogens with zero attached hydrogens (tertiary/aromatic N) is 6. The molecule has 174 valence electrons. The predicted molar refractivity (Wildman–Crippen MR) is 115 cm³/mol. The Morgan fingerprint density at radius 1 is 1.00 bits per heavy atom. The normalized spacial score (nSPS) is 21.9. The highest BCUT2D eigenvalue weighted by atomic mass is 19.1. The highest BCUT2D eigenvalue weighted by Crippen LogP contribution is 2.48. The predicted octanol–water partition coefficient (Wildman–Crippen LogP) is 2.94. The van der Waals surface area contributed by atoms with E-state index < -0.39 is 23.3 Å². The summed E-state index contributed by atoms with van der Waals surface area (Å²) in [5.41, 5.74) is 0.421. The highest BCUT2D eigenvalue weighted by molar-refractivity contribution is 5.46. The lowest BCUT2D eigenvalue weighted by Gasteiger charge is -2.36. The third kappa shape index (κ3) is 4.45. The lowest BCUT2D eigenvalue weighted by Crippen LogP contribution is -2.47. The molecule has 2 aromatic carbocycles. The molecule has 1 aromatic heterocycles. The lowest BCUT2D eigenvalue weighted by atomic mass is 9.93. The standard InChI is InChI=1S/C23H25F3N6O/c1-16(23(15-33-23)20-7-4-18(25)14-21(20)26)32-28-22(27-29-32)8-9-30-10-12-31(13-11-30)19-5-2-17(24)3-6-19/h2-7,14,16H,8-13,15H2,1H3. The topological polar surface area (TPSA) is 62.6 Å². The maximum atomic E-state index is 14.3. The Morgan fingerprint density at radius 3 is 2.36 bits per heavy atom. The molecule has 33 heavy (non-hydrogen) atoms. The van der Waals surface area contributed by atoms with Gasteiger partial charge < -0.3 is 9.64 Å². The van der Waals surface area contributed by atoms with Gasteiger partial charge in [-0.3, -0.25) is 4.90 Å². The zero-order valence-electron chi connectivity index (χ0n) is 18.3. The molecule has 2 aliphatic rings. The zero-order chi connectivity index (χ0) is 23.0. The lowest BCUT2D eigenvalue weighted by molar-refractivity contribution is 0.199. The molecule has 0 spiro atoms. The van der Waals surface area contributed by atoms with Crippen LogP contribution in [0.1, 0.15) is 24.4 Å². The summed E-state index contributed by atoms with van der Waals surface area (Å²) in [5, 5.41) is 12.8. The number of anilines is 1. The number of tetrazole rings is 1. The van der Waals surface area contributed by atoms with Crippen molar-refractivity contribution in [1.29, 1.82) is 0 Å². The van der Waals surface area contributed by atoms with E-state index >= 15 is 0 Å². The van der Waals surface area contributed by atoms with Gasteiger partial charge in [0.25, 0.3) is 0 Å². The molecule has 7 nitrogen and oxygen atoms in total. The van der Waals surface area contributed by atoms with Crippen molar-refractivity contribution in [2.24, 2.45) is 0 Å². The van der Waals surface area contributed by atoms with Crippen LogP contribution in [0.5, 0.6) is 0 Å². The number of rotatable bonds is 7. The van der Waals surface area contributed by atoms with Crippen LogP contribution in [0.15, 0.2) is 42.5 Å². The number of piperazine rings is 1. The Morgan fingerprint density at radius 2 is 1.70 bits per heavy atom. The van der Waals surface area contributed by atoms with Gasteiger partial charge in [0, 0.05) is 56.5 Å². The molecular weight excluding hydrogens is 433 g/mol. The van der Waals surface area contributed by atoms with E-state index in [1.54, 1.807) is 0 Å². The van der Waals surface area contributed by atoms with Crippen molar-refractivity contribution in [3.63, 3.8) is 0 Å². The van der Waals surface area contributed by atoms with Crippen LogP contribution in [-0.4, -0.2) is 64.4 Å². The van der Waals surface area contributed by atoms with E-state index in [2.05, 4.69) is 25.2 Å². The number of hydrogen-bond acceptors (Lipinski definition) is 6. The number of epoxide rings is 1. The van der Waals surface area contributed by atoms with Crippen molar-refractivity contribution >= 4 is 5.69 Å². The Bertz CT molecular complexity index is 1110. The molecule has 2 unspecified atom stereocenters. The molecular formula is C23H25F3N6O. The van der Waals surface area contributed by atoms with Crippen molar-refractivity contribution < 1.29 is 17.9 Å². The number of halogens is 3. The van der Waals surface area contributed by atoms with Gasteiger partial charge in [0.05, 0.1) is 6.61 Å². The van der Waals surface area contributed by atoms with Gasteiger partial charge >= 0.3 is 0 Å². The molecule has 0 bridgehead atoms. The first-order valence-corrected chi connectivity index (χ1v) is 11.1. The summed E-state index contributed by atoms with van der Waals surface area (Å²) in [6.45, 7) is 6.47. The molecule has 2 aliphatic heterocycles. The molecule has 0 aliphatic carbocycles. The van der Waals surface area contributed by atoms with Crippen molar-refractivity contribution in [3.8, 4) is 0 Å². The SMILES string of the molecule is CC(n1nnc(CCN2CCN(c3ccc(F)cc3)CC2)n1)C1(c2ccc(F)cc2F)CO1. The van der Waals surface area contributed by atoms with E-state index in [1.807, 2.05) is 19.1 Å². The van der Waals surface area contributed by atoms with Crippen LogP contribution in [0.25, 0.3) is 0 Å². The van der Waals surface area contributed by atoms with Gasteiger partial charge in [-0.1, -0.05) is 6.07 Å². The van der Waals surface area contributed by atoms with Gasteiger partial charge in [-0.05, 0) is 42.5 Å². The second-order valence-electron chi connectivity index (χ2n) is 8.56. The second kappa shape index (κ2) is 8.75. The van der Waals surface area contributed by atoms with Crippen LogP contribution in [0, 0.1) is 17.5 Å². The minimum atomic E-state index is -0.910. The van der Waals surface area contributed by atoms with Crippen LogP contribution < -0.4 is 4.90 Å². The molecule has 5 rings (SSSR count). The molecule has 0 radical (unpaired) electrons. The van der Waals surface area contributed by atoms with Gasteiger partial charge in [-0.15, -0.1) is 10.2 Å². The maximum absolute atomic E-state index is 14.3. The summed E-state index contributed by atoms with van der Waals surface area (Å²) < 4.78 is 46.4. The summed E-state index contributed by atoms with van der Waals surface area (Å²) in [5.74, 6) is -0.883. The Kier molecular flexibility index (Phi) is 5.79. The average molecular weight is 458 g/mol. The number of benzene rings is 2. The Labute approximate surface area is 189 Å². The summed E-state index contributed by atoms with van der Waals surface area (Å²) >= 11 is 0. The second-order valence-corrected chi connectivity index (χ2v) is 8.56.